The zero-order valence-electron chi connectivity index (χ0n) is 22.8. The zero-order chi connectivity index (χ0) is 30.1. The van der Waals surface area contributed by atoms with E-state index in [1.54, 1.807) is 36.6 Å². The molecule has 0 aliphatic carbocycles. The number of aryl methyl sites for hydroxylation is 1. The van der Waals surface area contributed by atoms with Gasteiger partial charge in [-0.3, -0.25) is 15.2 Å². The van der Waals surface area contributed by atoms with Crippen LogP contribution < -0.4 is 27.0 Å². The molecule has 2 heterocycles. The number of rotatable bonds is 11. The van der Waals surface area contributed by atoms with Crippen LogP contribution in [-0.4, -0.2) is 37.7 Å². The Kier molecular flexibility index (Phi) is 9.50. The summed E-state index contributed by atoms with van der Waals surface area (Å²) in [5.74, 6) is -1.28. The van der Waals surface area contributed by atoms with Gasteiger partial charge in [0.25, 0.3) is 0 Å². The first-order valence-corrected chi connectivity index (χ1v) is 13.6. The van der Waals surface area contributed by atoms with Gasteiger partial charge in [-0.15, -0.1) is 11.3 Å². The fourth-order valence-electron chi connectivity index (χ4n) is 3.76. The van der Waals surface area contributed by atoms with Gasteiger partial charge in [0.15, 0.2) is 5.13 Å². The second-order valence-electron chi connectivity index (χ2n) is 9.28. The van der Waals surface area contributed by atoms with Crippen LogP contribution in [0.5, 0.6) is 0 Å². The van der Waals surface area contributed by atoms with Gasteiger partial charge in [0.05, 0.1) is 12.2 Å². The highest BCUT2D eigenvalue weighted by Gasteiger charge is 2.39. The number of ether oxygens (including phenoxy) is 1. The smallest absolute Gasteiger partial charge is 0.409 e. The van der Waals surface area contributed by atoms with Crippen LogP contribution in [0.1, 0.15) is 29.3 Å². The fourth-order valence-corrected chi connectivity index (χ4v) is 4.47. The maximum Gasteiger partial charge on any atom is 0.409 e. The van der Waals surface area contributed by atoms with Crippen molar-refractivity contribution in [3.8, 4) is 0 Å². The van der Waals surface area contributed by atoms with Gasteiger partial charge in [0.1, 0.15) is 12.4 Å². The van der Waals surface area contributed by atoms with Gasteiger partial charge in [-0.25, -0.2) is 24.2 Å². The summed E-state index contributed by atoms with van der Waals surface area (Å²) in [5, 5.41) is 22.7. The molecule has 0 spiro atoms. The van der Waals surface area contributed by atoms with Gasteiger partial charge < -0.3 is 20.5 Å². The van der Waals surface area contributed by atoms with Crippen LogP contribution in [0.3, 0.4) is 0 Å². The van der Waals surface area contributed by atoms with Gasteiger partial charge in [-0.05, 0) is 25.0 Å². The second-order valence-corrected chi connectivity index (χ2v) is 10.1. The number of thiazole rings is 1. The minimum Gasteiger partial charge on any atom is -0.478 e. The number of aliphatic carboxylic acids is 1. The molecular formula is C28H29N7O6S. The van der Waals surface area contributed by atoms with Crippen LogP contribution in [-0.2, 0) is 34.9 Å². The minimum absolute atomic E-state index is 0.0797. The van der Waals surface area contributed by atoms with Crippen molar-refractivity contribution >= 4 is 40.4 Å². The van der Waals surface area contributed by atoms with Crippen molar-refractivity contribution in [3.05, 3.63) is 105 Å². The molecule has 5 N–H and O–H groups in total. The number of benzene rings is 2. The molecule has 0 bridgehead atoms. The standard InChI is InChI=1S/C28H29N7O6S/c1-18-15-35(28(2,23(36)37)34-27(40)41-16-20-11-7-4-8-12-20)26(39)32-22(18)29-14-21-17-42-25(31-21)33-24(38)30-13-19-9-5-3-6-10-19/h3-12,15,17H,13-14,16H2,1-2H3,(H,34,40)(H,36,37)(H,29,32,39)(H2,30,31,33,38). The van der Waals surface area contributed by atoms with Crippen molar-refractivity contribution in [1.82, 2.24) is 25.2 Å². The fraction of sp³-hybridized carbons (Fsp3) is 0.214. The predicted octanol–water partition coefficient (Wildman–Crippen LogP) is 3.63. The van der Waals surface area contributed by atoms with Crippen LogP contribution in [0.2, 0.25) is 0 Å². The molecule has 0 saturated heterocycles. The van der Waals surface area contributed by atoms with Crippen LogP contribution >= 0.6 is 11.3 Å². The molecule has 42 heavy (non-hydrogen) atoms. The molecule has 0 radical (unpaired) electrons. The van der Waals surface area contributed by atoms with Crippen LogP contribution in [0.4, 0.5) is 20.5 Å². The number of urea groups is 1. The number of carboxylic acids is 1. The number of amides is 3. The SMILES string of the molecule is Cc1cn(C(C)(NC(=O)OCc2ccccc2)C(=O)O)c(=O)nc1NCc1csc(NC(=O)NCc2ccccc2)n1. The third-order valence-electron chi connectivity index (χ3n) is 6.07. The predicted molar refractivity (Wildman–Crippen MR) is 156 cm³/mol. The van der Waals surface area contributed by atoms with E-state index in [1.807, 2.05) is 36.4 Å². The highest BCUT2D eigenvalue weighted by atomic mass is 32.1. The third kappa shape index (κ3) is 7.69. The van der Waals surface area contributed by atoms with Crippen molar-refractivity contribution in [2.24, 2.45) is 0 Å². The molecule has 0 aliphatic heterocycles. The van der Waals surface area contributed by atoms with Crippen LogP contribution in [0.25, 0.3) is 0 Å². The Morgan fingerprint density at radius 1 is 1.00 bits per heavy atom. The van der Waals surface area contributed by atoms with E-state index in [4.69, 9.17) is 4.74 Å². The first kappa shape index (κ1) is 29.7. The van der Waals surface area contributed by atoms with E-state index >= 15 is 0 Å². The average molecular weight is 592 g/mol. The molecule has 2 aromatic heterocycles. The van der Waals surface area contributed by atoms with Crippen molar-refractivity contribution in [3.63, 3.8) is 0 Å². The van der Waals surface area contributed by atoms with Crippen LogP contribution in [0, 0.1) is 6.92 Å². The average Bonchev–Trinajstić information content (AvgIpc) is 3.43. The third-order valence-corrected chi connectivity index (χ3v) is 6.88. The summed E-state index contributed by atoms with van der Waals surface area (Å²) < 4.78 is 5.96. The number of hydrogen-bond donors (Lipinski definition) is 5. The topological polar surface area (TPSA) is 177 Å². The maximum absolute atomic E-state index is 12.9. The molecule has 3 amide bonds. The molecule has 1 unspecified atom stereocenters. The Balaban J connectivity index is 1.36. The lowest BCUT2D eigenvalue weighted by atomic mass is 10.2. The number of alkyl carbamates (subject to hydrolysis) is 1. The lowest BCUT2D eigenvalue weighted by Gasteiger charge is -2.28. The molecule has 0 fully saturated rings. The normalized spacial score (nSPS) is 12.0. The van der Waals surface area contributed by atoms with Crippen LogP contribution in [0.15, 0.2) is 77.0 Å². The molecule has 0 saturated carbocycles. The lowest BCUT2D eigenvalue weighted by molar-refractivity contribution is -0.148. The van der Waals surface area contributed by atoms with Crippen molar-refractivity contribution < 1.29 is 24.2 Å². The summed E-state index contributed by atoms with van der Waals surface area (Å²) in [6.07, 6.45) is 0.270. The molecule has 14 heteroatoms. The van der Waals surface area contributed by atoms with Crippen molar-refractivity contribution in [2.45, 2.75) is 39.2 Å². The van der Waals surface area contributed by atoms with E-state index in [1.165, 1.54) is 17.5 Å². The summed E-state index contributed by atoms with van der Waals surface area (Å²) >= 11 is 1.23. The first-order valence-electron chi connectivity index (χ1n) is 12.7. The molecule has 4 rings (SSSR count). The Morgan fingerprint density at radius 3 is 2.33 bits per heavy atom. The molecule has 1 atom stereocenters. The monoisotopic (exact) mass is 591 g/mol. The number of carboxylic acid groups (broad SMARTS) is 1. The largest absolute Gasteiger partial charge is 0.478 e. The minimum atomic E-state index is -2.17. The molecule has 0 aliphatic rings. The molecule has 4 aromatic rings. The highest BCUT2D eigenvalue weighted by Crippen LogP contribution is 2.19. The van der Waals surface area contributed by atoms with Gasteiger partial charge >= 0.3 is 23.8 Å². The van der Waals surface area contributed by atoms with Gasteiger partial charge in [-0.2, -0.15) is 4.98 Å². The molecule has 218 valence electrons. The van der Waals surface area contributed by atoms with E-state index in [0.717, 1.165) is 17.1 Å². The molecular weight excluding hydrogens is 562 g/mol. The van der Waals surface area contributed by atoms with Gasteiger partial charge in [0.2, 0.25) is 5.66 Å². The number of hydrogen-bond acceptors (Lipinski definition) is 9. The van der Waals surface area contributed by atoms with E-state index in [0.29, 0.717) is 28.5 Å². The first-order chi connectivity index (χ1) is 20.1. The zero-order valence-corrected chi connectivity index (χ0v) is 23.6. The second kappa shape index (κ2) is 13.4. The number of nitrogens with zero attached hydrogens (tertiary/aromatic N) is 3. The van der Waals surface area contributed by atoms with Gasteiger partial charge in [-0.1, -0.05) is 60.7 Å². The van der Waals surface area contributed by atoms with Crippen molar-refractivity contribution in [2.75, 3.05) is 10.6 Å². The van der Waals surface area contributed by atoms with E-state index in [-0.39, 0.29) is 19.0 Å². The number of nitrogens with one attached hydrogen (secondary N) is 4. The maximum atomic E-state index is 12.9. The van der Waals surface area contributed by atoms with E-state index in [9.17, 15) is 24.3 Å². The summed E-state index contributed by atoms with van der Waals surface area (Å²) in [7, 11) is 0. The summed E-state index contributed by atoms with van der Waals surface area (Å²) in [4.78, 5) is 58.0. The summed E-state index contributed by atoms with van der Waals surface area (Å²) in [6, 6.07) is 18.0. The number of carbonyl (C=O) groups excluding carboxylic acids is 2. The highest BCUT2D eigenvalue weighted by molar-refractivity contribution is 7.13. The Hall–Kier alpha value is -5.24. The summed E-state index contributed by atoms with van der Waals surface area (Å²) in [5.41, 5.74) is -0.380. The Morgan fingerprint density at radius 2 is 1.67 bits per heavy atom. The quantitative estimate of drug-likeness (QED) is 0.174. The van der Waals surface area contributed by atoms with Gasteiger partial charge in [0, 0.05) is 23.7 Å². The van der Waals surface area contributed by atoms with E-state index < -0.39 is 29.4 Å². The Labute approximate surface area is 244 Å². The number of carbonyl (C=O) groups is 3. The summed E-state index contributed by atoms with van der Waals surface area (Å²) in [6.45, 7) is 3.26. The number of anilines is 2. The molecule has 13 nitrogen and oxygen atoms in total. The molecule has 2 aromatic carbocycles. The van der Waals surface area contributed by atoms with Crippen molar-refractivity contribution in [1.29, 1.82) is 0 Å². The Bertz CT molecular complexity index is 1610. The number of aromatic nitrogens is 3. The van der Waals surface area contributed by atoms with E-state index in [2.05, 4.69) is 31.2 Å². The lowest BCUT2D eigenvalue weighted by Crippen LogP contribution is -2.57.